The first-order valence-electron chi connectivity index (χ1n) is 6.48. The third-order valence-electron chi connectivity index (χ3n) is 4.27. The third kappa shape index (κ3) is 1.69. The second-order valence-corrected chi connectivity index (χ2v) is 5.67. The Kier molecular flexibility index (Phi) is 2.68. The van der Waals surface area contributed by atoms with Gasteiger partial charge >= 0.3 is 0 Å². The fraction of sp³-hybridized carbons (Fsp3) is 0.533. The number of rotatable bonds is 2. The quantitative estimate of drug-likeness (QED) is 0.817. The van der Waals surface area contributed by atoms with Crippen LogP contribution in [0.15, 0.2) is 18.2 Å². The molecule has 0 atom stereocenters. The van der Waals surface area contributed by atoms with Crippen molar-refractivity contribution < 1.29 is 14.2 Å². The molecule has 2 aliphatic rings. The topological polar surface area (TPSA) is 51.5 Å². The maximum atomic E-state index is 9.43. The molecular weight excluding hydrogens is 242 g/mol. The number of fused-ring (bicyclic) bond motifs is 1. The molecule has 1 aromatic rings. The van der Waals surface area contributed by atoms with E-state index in [1.807, 2.05) is 32.0 Å². The van der Waals surface area contributed by atoms with Gasteiger partial charge in [-0.3, -0.25) is 0 Å². The van der Waals surface area contributed by atoms with Gasteiger partial charge in [0.15, 0.2) is 11.5 Å². The van der Waals surface area contributed by atoms with Crippen LogP contribution in [0.25, 0.3) is 0 Å². The van der Waals surface area contributed by atoms with Gasteiger partial charge < -0.3 is 14.2 Å². The van der Waals surface area contributed by atoms with Crippen LogP contribution in [0.3, 0.4) is 0 Å². The molecule has 2 heterocycles. The highest BCUT2D eigenvalue weighted by Gasteiger charge is 2.53. The zero-order chi connectivity index (χ0) is 13.5. The minimum atomic E-state index is -0.477. The predicted molar refractivity (Wildman–Crippen MR) is 69.3 cm³/mol. The molecule has 1 saturated heterocycles. The van der Waals surface area contributed by atoms with E-state index in [0.717, 1.165) is 17.1 Å². The van der Waals surface area contributed by atoms with Crippen molar-refractivity contribution in [3.63, 3.8) is 0 Å². The van der Waals surface area contributed by atoms with Crippen LogP contribution in [0.2, 0.25) is 0 Å². The summed E-state index contributed by atoms with van der Waals surface area (Å²) in [5.41, 5.74) is 0.363. The first-order valence-corrected chi connectivity index (χ1v) is 6.48. The fourth-order valence-electron chi connectivity index (χ4n) is 2.64. The molecule has 0 unspecified atom stereocenters. The first-order chi connectivity index (χ1) is 9.09. The monoisotopic (exact) mass is 259 g/mol. The van der Waals surface area contributed by atoms with Crippen LogP contribution in [0.1, 0.15) is 19.4 Å². The summed E-state index contributed by atoms with van der Waals surface area (Å²) in [6.45, 7) is 6.24. The Morgan fingerprint density at radius 1 is 1.16 bits per heavy atom. The normalized spacial score (nSPS) is 20.3. The largest absolute Gasteiger partial charge is 0.486 e. The van der Waals surface area contributed by atoms with Crippen LogP contribution in [0.5, 0.6) is 11.5 Å². The van der Waals surface area contributed by atoms with E-state index in [1.54, 1.807) is 0 Å². The maximum absolute atomic E-state index is 9.43. The number of ether oxygens (including phenoxy) is 3. The molecule has 19 heavy (non-hydrogen) atoms. The molecular formula is C15H17NO3. The first kappa shape index (κ1) is 12.3. The predicted octanol–water partition coefficient (Wildman–Crippen LogP) is 2.28. The van der Waals surface area contributed by atoms with Gasteiger partial charge in [0.2, 0.25) is 0 Å². The van der Waals surface area contributed by atoms with Crippen LogP contribution in [0.4, 0.5) is 0 Å². The molecule has 0 bridgehead atoms. The fourth-order valence-corrected chi connectivity index (χ4v) is 2.64. The lowest BCUT2D eigenvalue weighted by Gasteiger charge is -2.49. The second-order valence-electron chi connectivity index (χ2n) is 5.67. The van der Waals surface area contributed by atoms with Crippen LogP contribution < -0.4 is 9.47 Å². The Morgan fingerprint density at radius 2 is 1.84 bits per heavy atom. The molecule has 0 spiro atoms. The molecule has 1 fully saturated rings. The highest BCUT2D eigenvalue weighted by molar-refractivity contribution is 5.48. The molecule has 0 N–H and O–H groups in total. The van der Waals surface area contributed by atoms with Gasteiger partial charge in [-0.15, -0.1) is 0 Å². The van der Waals surface area contributed by atoms with E-state index < -0.39 is 5.41 Å². The molecule has 0 aromatic heterocycles. The molecule has 3 rings (SSSR count). The van der Waals surface area contributed by atoms with Crippen molar-refractivity contribution in [2.24, 2.45) is 5.41 Å². The summed E-state index contributed by atoms with van der Waals surface area (Å²) >= 11 is 0. The summed E-state index contributed by atoms with van der Waals surface area (Å²) in [4.78, 5) is 0. The van der Waals surface area contributed by atoms with Gasteiger partial charge in [-0.05, 0) is 31.5 Å². The van der Waals surface area contributed by atoms with Crippen molar-refractivity contribution in [2.45, 2.75) is 19.3 Å². The lowest BCUT2D eigenvalue weighted by Crippen LogP contribution is -2.56. The number of hydrogen-bond donors (Lipinski definition) is 0. The average Bonchev–Trinajstić information content (AvgIpc) is 2.37. The van der Waals surface area contributed by atoms with Crippen molar-refractivity contribution in [2.75, 3.05) is 26.4 Å². The lowest BCUT2D eigenvalue weighted by atomic mass is 9.61. The van der Waals surface area contributed by atoms with Crippen LogP contribution in [-0.2, 0) is 10.2 Å². The number of hydrogen-bond acceptors (Lipinski definition) is 4. The number of benzene rings is 1. The zero-order valence-corrected chi connectivity index (χ0v) is 11.2. The van der Waals surface area contributed by atoms with Gasteiger partial charge in [0, 0.05) is 0 Å². The summed E-state index contributed by atoms with van der Waals surface area (Å²) in [6, 6.07) is 8.36. The van der Waals surface area contributed by atoms with E-state index in [4.69, 9.17) is 14.2 Å². The van der Waals surface area contributed by atoms with Crippen molar-refractivity contribution in [3.05, 3.63) is 23.8 Å². The van der Waals surface area contributed by atoms with Gasteiger partial charge in [0.05, 0.1) is 30.1 Å². The zero-order valence-electron chi connectivity index (χ0n) is 11.2. The number of nitriles is 1. The molecule has 0 radical (unpaired) electrons. The molecule has 0 aliphatic carbocycles. The Hall–Kier alpha value is -1.73. The molecule has 4 heteroatoms. The van der Waals surface area contributed by atoms with Crippen molar-refractivity contribution >= 4 is 0 Å². The van der Waals surface area contributed by atoms with Gasteiger partial charge in [0.1, 0.15) is 13.2 Å². The smallest absolute Gasteiger partial charge is 0.161 e. The third-order valence-corrected chi connectivity index (χ3v) is 4.27. The summed E-state index contributed by atoms with van der Waals surface area (Å²) in [5, 5.41) is 9.43. The maximum Gasteiger partial charge on any atom is 0.161 e. The SMILES string of the molecule is CC(C)(C#N)C1(c2ccc3c(c2)OCCO3)COC1. The second kappa shape index (κ2) is 4.14. The van der Waals surface area contributed by atoms with Crippen LogP contribution >= 0.6 is 0 Å². The van der Waals surface area contributed by atoms with Crippen LogP contribution in [0, 0.1) is 16.7 Å². The van der Waals surface area contributed by atoms with Gasteiger partial charge in [0.25, 0.3) is 0 Å². The molecule has 0 amide bonds. The lowest BCUT2D eigenvalue weighted by molar-refractivity contribution is -0.103. The Balaban J connectivity index is 2.04. The van der Waals surface area contributed by atoms with E-state index in [9.17, 15) is 5.26 Å². The summed E-state index contributed by atoms with van der Waals surface area (Å²) in [5.74, 6) is 1.55. The van der Waals surface area contributed by atoms with Gasteiger partial charge in [-0.25, -0.2) is 0 Å². The van der Waals surface area contributed by atoms with E-state index in [2.05, 4.69) is 6.07 Å². The van der Waals surface area contributed by atoms with E-state index in [-0.39, 0.29) is 5.41 Å². The minimum Gasteiger partial charge on any atom is -0.486 e. The molecule has 1 aromatic carbocycles. The minimum absolute atomic E-state index is 0.252. The van der Waals surface area contributed by atoms with Crippen molar-refractivity contribution in [1.29, 1.82) is 5.26 Å². The van der Waals surface area contributed by atoms with E-state index in [1.165, 1.54) is 0 Å². The molecule has 4 nitrogen and oxygen atoms in total. The highest BCUT2D eigenvalue weighted by Crippen LogP contribution is 2.48. The average molecular weight is 259 g/mol. The highest BCUT2D eigenvalue weighted by atomic mass is 16.6. The summed E-state index contributed by atoms with van der Waals surface area (Å²) in [6.07, 6.45) is 0. The number of nitrogens with zero attached hydrogens (tertiary/aromatic N) is 1. The Morgan fingerprint density at radius 3 is 2.42 bits per heavy atom. The molecule has 2 aliphatic heterocycles. The standard InChI is InChI=1S/C15H17NO3/c1-14(2,8-16)15(9-17-10-15)11-3-4-12-13(7-11)19-6-5-18-12/h3-4,7H,5-6,9-10H2,1-2H3. The van der Waals surface area contributed by atoms with Gasteiger partial charge in [-0.1, -0.05) is 6.07 Å². The van der Waals surface area contributed by atoms with Crippen molar-refractivity contribution in [3.8, 4) is 17.6 Å². The van der Waals surface area contributed by atoms with Crippen LogP contribution in [-0.4, -0.2) is 26.4 Å². The van der Waals surface area contributed by atoms with Crippen molar-refractivity contribution in [1.82, 2.24) is 0 Å². The van der Waals surface area contributed by atoms with E-state index in [0.29, 0.717) is 26.4 Å². The Labute approximate surface area is 112 Å². The molecule has 100 valence electrons. The summed E-state index contributed by atoms with van der Waals surface area (Å²) < 4.78 is 16.6. The summed E-state index contributed by atoms with van der Waals surface area (Å²) in [7, 11) is 0. The molecule has 0 saturated carbocycles. The Bertz CT molecular complexity index is 541. The van der Waals surface area contributed by atoms with Gasteiger partial charge in [-0.2, -0.15) is 5.26 Å². The van der Waals surface area contributed by atoms with E-state index >= 15 is 0 Å².